The fourth-order valence-corrected chi connectivity index (χ4v) is 2.80. The van der Waals surface area contributed by atoms with E-state index < -0.39 is 17.6 Å². The van der Waals surface area contributed by atoms with Crippen LogP contribution in [0.3, 0.4) is 0 Å². The number of Topliss-reactive ketones (excluding diaryl/α,β-unsaturated/α-hetero) is 1. The van der Waals surface area contributed by atoms with E-state index in [1.807, 2.05) is 0 Å². The van der Waals surface area contributed by atoms with Crippen LogP contribution >= 0.6 is 0 Å². The summed E-state index contributed by atoms with van der Waals surface area (Å²) in [5, 5.41) is 5.16. The van der Waals surface area contributed by atoms with Crippen LogP contribution in [0.4, 0.5) is 10.1 Å². The van der Waals surface area contributed by atoms with Crippen molar-refractivity contribution in [3.63, 3.8) is 0 Å². The minimum Gasteiger partial charge on any atom is -0.354 e. The van der Waals surface area contributed by atoms with E-state index in [9.17, 15) is 18.8 Å². The van der Waals surface area contributed by atoms with Gasteiger partial charge in [0.1, 0.15) is 11.5 Å². The standard InChI is InChI=1S/C21H18FN3O3/c1-23-21(28)19-16(10-11-24-19)20(27)25-14-8-6-13(7-9-14)12-18(26)15-4-2-3-5-17(15)22/h2-9,11H,10,12H2,1H3,(H,23,28)(H,25,27). The molecule has 1 aliphatic heterocycles. The van der Waals surface area contributed by atoms with Crippen LogP contribution in [-0.4, -0.2) is 30.9 Å². The molecule has 0 spiro atoms. The van der Waals surface area contributed by atoms with Crippen molar-refractivity contribution in [3.05, 3.63) is 76.7 Å². The number of hydrogen-bond acceptors (Lipinski definition) is 4. The predicted molar refractivity (Wildman–Crippen MR) is 104 cm³/mol. The second kappa shape index (κ2) is 8.39. The van der Waals surface area contributed by atoms with Gasteiger partial charge in [0.15, 0.2) is 5.78 Å². The minimum atomic E-state index is -0.546. The highest BCUT2D eigenvalue weighted by atomic mass is 19.1. The van der Waals surface area contributed by atoms with Gasteiger partial charge < -0.3 is 10.6 Å². The number of aliphatic imine (C=N–C) groups is 1. The molecule has 0 atom stereocenters. The monoisotopic (exact) mass is 379 g/mol. The molecule has 0 fully saturated rings. The van der Waals surface area contributed by atoms with E-state index in [4.69, 9.17) is 0 Å². The van der Waals surface area contributed by atoms with Crippen molar-refractivity contribution in [1.29, 1.82) is 0 Å². The molecule has 142 valence electrons. The Balaban J connectivity index is 1.66. The Bertz CT molecular complexity index is 994. The van der Waals surface area contributed by atoms with Crippen LogP contribution in [0.2, 0.25) is 0 Å². The normalized spacial score (nSPS) is 12.8. The number of halogens is 1. The Hall–Kier alpha value is -3.61. The van der Waals surface area contributed by atoms with Crippen LogP contribution in [0.25, 0.3) is 0 Å². The average molecular weight is 379 g/mol. The van der Waals surface area contributed by atoms with Gasteiger partial charge in [0.2, 0.25) is 0 Å². The highest BCUT2D eigenvalue weighted by molar-refractivity contribution is 6.13. The minimum absolute atomic E-state index is 0.0506. The van der Waals surface area contributed by atoms with Crippen molar-refractivity contribution in [3.8, 4) is 0 Å². The van der Waals surface area contributed by atoms with Crippen molar-refractivity contribution in [2.75, 3.05) is 12.4 Å². The molecule has 0 saturated carbocycles. The summed E-state index contributed by atoms with van der Waals surface area (Å²) in [7, 11) is 1.47. The van der Waals surface area contributed by atoms with E-state index in [0.717, 1.165) is 0 Å². The SMILES string of the molecule is CNC(=O)C1=C(C(=O)Nc2ccc(CC(=O)c3ccccc3F)cc2)CC=N1. The summed E-state index contributed by atoms with van der Waals surface area (Å²) >= 11 is 0. The number of nitrogens with one attached hydrogen (secondary N) is 2. The van der Waals surface area contributed by atoms with Crippen molar-refractivity contribution in [2.45, 2.75) is 12.8 Å². The molecule has 28 heavy (non-hydrogen) atoms. The predicted octanol–water partition coefficient (Wildman–Crippen LogP) is 2.66. The first kappa shape index (κ1) is 19.2. The number of carbonyl (C=O) groups excluding carboxylic acids is 3. The second-order valence-corrected chi connectivity index (χ2v) is 6.15. The Kier molecular flexibility index (Phi) is 5.74. The zero-order valence-electron chi connectivity index (χ0n) is 15.2. The van der Waals surface area contributed by atoms with Gasteiger partial charge in [0.05, 0.1) is 11.1 Å². The quantitative estimate of drug-likeness (QED) is 0.757. The van der Waals surface area contributed by atoms with Gasteiger partial charge in [-0.3, -0.25) is 19.4 Å². The van der Waals surface area contributed by atoms with E-state index in [-0.39, 0.29) is 35.5 Å². The zero-order valence-corrected chi connectivity index (χ0v) is 15.2. The van der Waals surface area contributed by atoms with E-state index >= 15 is 0 Å². The van der Waals surface area contributed by atoms with Crippen LogP contribution < -0.4 is 10.6 Å². The Morgan fingerprint density at radius 3 is 2.43 bits per heavy atom. The summed E-state index contributed by atoms with van der Waals surface area (Å²) < 4.78 is 13.7. The largest absolute Gasteiger partial charge is 0.354 e. The molecule has 0 aliphatic carbocycles. The number of likely N-dealkylation sites (N-methyl/N-ethyl adjacent to an activating group) is 1. The smallest absolute Gasteiger partial charge is 0.270 e. The van der Waals surface area contributed by atoms with Gasteiger partial charge in [0, 0.05) is 31.8 Å². The molecule has 3 rings (SSSR count). The topological polar surface area (TPSA) is 87.6 Å². The molecule has 6 nitrogen and oxygen atoms in total. The van der Waals surface area contributed by atoms with Crippen molar-refractivity contribution < 1.29 is 18.8 Å². The number of hydrogen-bond donors (Lipinski definition) is 2. The summed E-state index contributed by atoms with van der Waals surface area (Å²) in [5.74, 6) is -1.69. The maximum Gasteiger partial charge on any atom is 0.270 e. The lowest BCUT2D eigenvalue weighted by Gasteiger charge is -2.08. The number of nitrogens with zero attached hydrogens (tertiary/aromatic N) is 1. The lowest BCUT2D eigenvalue weighted by Crippen LogP contribution is -2.23. The molecule has 0 aromatic heterocycles. The summed E-state index contributed by atoms with van der Waals surface area (Å²) in [4.78, 5) is 40.3. The van der Waals surface area contributed by atoms with Crippen LogP contribution in [0, 0.1) is 5.82 Å². The van der Waals surface area contributed by atoms with Crippen LogP contribution in [0.1, 0.15) is 22.3 Å². The third-order valence-electron chi connectivity index (χ3n) is 4.27. The molecule has 1 heterocycles. The summed E-state index contributed by atoms with van der Waals surface area (Å²) in [5.41, 5.74) is 1.66. The first-order chi connectivity index (χ1) is 13.5. The van der Waals surface area contributed by atoms with Gasteiger partial charge in [0.25, 0.3) is 11.8 Å². The number of ketones is 1. The number of rotatable bonds is 6. The highest BCUT2D eigenvalue weighted by Crippen LogP contribution is 2.19. The summed E-state index contributed by atoms with van der Waals surface area (Å²) in [6.45, 7) is 0. The Labute approximate surface area is 161 Å². The van der Waals surface area contributed by atoms with E-state index in [1.54, 1.807) is 30.3 Å². The number of amides is 2. The number of carbonyl (C=O) groups is 3. The Morgan fingerprint density at radius 1 is 1.04 bits per heavy atom. The molecule has 0 unspecified atom stereocenters. The molecule has 2 aromatic carbocycles. The summed E-state index contributed by atoms with van der Waals surface area (Å²) in [6, 6.07) is 12.5. The molecule has 2 N–H and O–H groups in total. The molecule has 0 bridgehead atoms. The van der Waals surface area contributed by atoms with Crippen LogP contribution in [0.5, 0.6) is 0 Å². The first-order valence-electron chi connectivity index (χ1n) is 8.65. The van der Waals surface area contributed by atoms with E-state index in [0.29, 0.717) is 11.3 Å². The fourth-order valence-electron chi connectivity index (χ4n) is 2.80. The number of benzene rings is 2. The van der Waals surface area contributed by atoms with Gasteiger partial charge in [-0.25, -0.2) is 4.39 Å². The molecule has 7 heteroatoms. The van der Waals surface area contributed by atoms with Crippen LogP contribution in [0.15, 0.2) is 64.8 Å². The fraction of sp³-hybridized carbons (Fsp3) is 0.143. The van der Waals surface area contributed by atoms with Crippen molar-refractivity contribution >= 4 is 29.5 Å². The maximum absolute atomic E-state index is 13.7. The van der Waals surface area contributed by atoms with Gasteiger partial charge in [-0.2, -0.15) is 0 Å². The van der Waals surface area contributed by atoms with Crippen LogP contribution in [-0.2, 0) is 16.0 Å². The zero-order chi connectivity index (χ0) is 20.1. The van der Waals surface area contributed by atoms with Gasteiger partial charge in [-0.15, -0.1) is 0 Å². The highest BCUT2D eigenvalue weighted by Gasteiger charge is 2.23. The Morgan fingerprint density at radius 2 is 1.75 bits per heavy atom. The van der Waals surface area contributed by atoms with E-state index in [1.165, 1.54) is 31.5 Å². The van der Waals surface area contributed by atoms with Gasteiger partial charge in [-0.1, -0.05) is 24.3 Å². The molecule has 1 aliphatic rings. The molecule has 2 aromatic rings. The molecular formula is C21H18FN3O3. The lowest BCUT2D eigenvalue weighted by molar-refractivity contribution is -0.118. The maximum atomic E-state index is 13.7. The second-order valence-electron chi connectivity index (χ2n) is 6.15. The van der Waals surface area contributed by atoms with E-state index in [2.05, 4.69) is 15.6 Å². The van der Waals surface area contributed by atoms with Gasteiger partial charge in [-0.05, 0) is 29.8 Å². The summed E-state index contributed by atoms with van der Waals surface area (Å²) in [6.07, 6.45) is 1.84. The average Bonchev–Trinajstić information content (AvgIpc) is 3.19. The third kappa shape index (κ3) is 4.20. The van der Waals surface area contributed by atoms with Crippen molar-refractivity contribution in [2.24, 2.45) is 4.99 Å². The molecular weight excluding hydrogens is 361 g/mol. The molecule has 0 radical (unpaired) electrons. The third-order valence-corrected chi connectivity index (χ3v) is 4.27. The molecule has 0 saturated heterocycles. The lowest BCUT2D eigenvalue weighted by atomic mass is 10.0. The number of anilines is 1. The van der Waals surface area contributed by atoms with Crippen molar-refractivity contribution in [1.82, 2.24) is 5.32 Å². The molecule has 2 amide bonds. The van der Waals surface area contributed by atoms with Gasteiger partial charge >= 0.3 is 0 Å². The first-order valence-corrected chi connectivity index (χ1v) is 8.65.